The molecular formula is C25H43NO. The Hall–Kier alpha value is -0.340. The van der Waals surface area contributed by atoms with E-state index in [4.69, 9.17) is 5.73 Å². The molecule has 4 rings (SSSR count). The van der Waals surface area contributed by atoms with Crippen molar-refractivity contribution in [2.45, 2.75) is 104 Å². The van der Waals surface area contributed by atoms with Gasteiger partial charge in [0.25, 0.3) is 0 Å². The first-order valence-electron chi connectivity index (χ1n) is 11.9. The van der Waals surface area contributed by atoms with Crippen LogP contribution in [0.5, 0.6) is 0 Å². The van der Waals surface area contributed by atoms with Gasteiger partial charge in [-0.2, -0.15) is 0 Å². The van der Waals surface area contributed by atoms with Gasteiger partial charge in [-0.1, -0.05) is 25.5 Å². The summed E-state index contributed by atoms with van der Waals surface area (Å²) in [5, 5.41) is 10.2. The lowest BCUT2D eigenvalue weighted by Crippen LogP contribution is -2.47. The molecule has 2 nitrogen and oxygen atoms in total. The molecule has 27 heavy (non-hydrogen) atoms. The highest BCUT2D eigenvalue weighted by molar-refractivity contribution is 5.20. The Morgan fingerprint density at radius 1 is 1.19 bits per heavy atom. The van der Waals surface area contributed by atoms with Crippen LogP contribution in [0.15, 0.2) is 11.6 Å². The molecule has 8 unspecified atom stereocenters. The van der Waals surface area contributed by atoms with Gasteiger partial charge in [0.2, 0.25) is 0 Å². The molecule has 8 atom stereocenters. The molecule has 0 aliphatic heterocycles. The van der Waals surface area contributed by atoms with E-state index in [1.165, 1.54) is 57.8 Å². The topological polar surface area (TPSA) is 46.2 Å². The zero-order valence-corrected chi connectivity index (χ0v) is 18.2. The average Bonchev–Trinajstić information content (AvgIpc) is 2.96. The van der Waals surface area contributed by atoms with Gasteiger partial charge in [-0.05, 0) is 119 Å². The van der Waals surface area contributed by atoms with Crippen LogP contribution in [0.2, 0.25) is 0 Å². The van der Waals surface area contributed by atoms with Crippen molar-refractivity contribution >= 4 is 0 Å². The Balaban J connectivity index is 1.48. The van der Waals surface area contributed by atoms with E-state index in [9.17, 15) is 5.11 Å². The van der Waals surface area contributed by atoms with Gasteiger partial charge in [0.1, 0.15) is 0 Å². The summed E-state index contributed by atoms with van der Waals surface area (Å²) in [4.78, 5) is 0. The molecule has 0 bridgehead atoms. The predicted molar refractivity (Wildman–Crippen MR) is 113 cm³/mol. The summed E-state index contributed by atoms with van der Waals surface area (Å²) in [6, 6.07) is 0.422. The molecule has 3 saturated carbocycles. The lowest BCUT2D eigenvalue weighted by Gasteiger charge is -2.54. The molecule has 2 heteroatoms. The third kappa shape index (κ3) is 3.66. The van der Waals surface area contributed by atoms with Crippen LogP contribution in [0.25, 0.3) is 0 Å². The number of allylic oxidation sites excluding steroid dienone is 1. The zero-order chi connectivity index (χ0) is 19.4. The SMILES string of the molecule is CC(CCC(C)(C)O)C1CCC2C3CC=C4CC(N)CCC4C3CCC12C. The highest BCUT2D eigenvalue weighted by Gasteiger charge is 2.56. The fraction of sp³-hybridized carbons (Fsp3) is 0.920. The minimum absolute atomic E-state index is 0.422. The van der Waals surface area contributed by atoms with Gasteiger partial charge in [-0.25, -0.2) is 0 Å². The molecule has 0 saturated heterocycles. The molecule has 3 N–H and O–H groups in total. The first-order valence-corrected chi connectivity index (χ1v) is 11.9. The van der Waals surface area contributed by atoms with E-state index in [1.807, 2.05) is 13.8 Å². The minimum atomic E-state index is -0.517. The van der Waals surface area contributed by atoms with Gasteiger partial charge in [-0.3, -0.25) is 0 Å². The van der Waals surface area contributed by atoms with Crippen molar-refractivity contribution in [1.82, 2.24) is 0 Å². The van der Waals surface area contributed by atoms with Crippen molar-refractivity contribution in [2.24, 2.45) is 46.7 Å². The first kappa shape index (κ1) is 20.0. The van der Waals surface area contributed by atoms with Gasteiger partial charge < -0.3 is 10.8 Å². The highest BCUT2D eigenvalue weighted by Crippen LogP contribution is 2.64. The smallest absolute Gasteiger partial charge is 0.0591 e. The normalized spacial score (nSPS) is 45.5. The lowest BCUT2D eigenvalue weighted by molar-refractivity contribution is -0.0280. The molecule has 4 aliphatic rings. The van der Waals surface area contributed by atoms with Crippen molar-refractivity contribution < 1.29 is 5.11 Å². The first-order chi connectivity index (χ1) is 12.7. The maximum Gasteiger partial charge on any atom is 0.0591 e. The number of rotatable bonds is 4. The standard InChI is InChI=1S/C25H43NO/c1-16(11-13-24(2,3)27)22-9-10-23-21-7-5-17-15-18(26)6-8-19(17)20(21)12-14-25(22,23)4/h5,16,18-23,27H,6-15,26H2,1-4H3. The van der Waals surface area contributed by atoms with E-state index < -0.39 is 5.60 Å². The summed E-state index contributed by atoms with van der Waals surface area (Å²) in [6.45, 7) is 9.04. The molecule has 0 amide bonds. The second kappa shape index (κ2) is 7.17. The Bertz CT molecular complexity index is 575. The van der Waals surface area contributed by atoms with Crippen LogP contribution in [0, 0.1) is 40.9 Å². The maximum absolute atomic E-state index is 10.2. The molecule has 3 fully saturated rings. The molecule has 0 aromatic rings. The molecule has 154 valence electrons. The van der Waals surface area contributed by atoms with Crippen molar-refractivity contribution in [1.29, 1.82) is 0 Å². The van der Waals surface area contributed by atoms with Gasteiger partial charge in [-0.15, -0.1) is 0 Å². The minimum Gasteiger partial charge on any atom is -0.390 e. The van der Waals surface area contributed by atoms with Crippen molar-refractivity contribution in [3.05, 3.63) is 11.6 Å². The van der Waals surface area contributed by atoms with Crippen LogP contribution < -0.4 is 5.73 Å². The number of aliphatic hydroxyl groups is 1. The fourth-order valence-corrected chi connectivity index (χ4v) is 8.06. The second-order valence-corrected chi connectivity index (χ2v) is 11.7. The summed E-state index contributed by atoms with van der Waals surface area (Å²) in [5.74, 6) is 5.26. The molecule has 0 spiro atoms. The summed E-state index contributed by atoms with van der Waals surface area (Å²) >= 11 is 0. The Kier molecular flexibility index (Phi) is 5.30. The van der Waals surface area contributed by atoms with E-state index in [0.717, 1.165) is 41.9 Å². The quantitative estimate of drug-likeness (QED) is 0.622. The predicted octanol–water partition coefficient (Wildman–Crippen LogP) is 5.69. The van der Waals surface area contributed by atoms with Crippen LogP contribution in [-0.2, 0) is 0 Å². The monoisotopic (exact) mass is 373 g/mol. The van der Waals surface area contributed by atoms with Gasteiger partial charge >= 0.3 is 0 Å². The van der Waals surface area contributed by atoms with Gasteiger partial charge in [0, 0.05) is 6.04 Å². The number of hydrogen-bond donors (Lipinski definition) is 2. The summed E-state index contributed by atoms with van der Waals surface area (Å²) in [7, 11) is 0. The highest BCUT2D eigenvalue weighted by atomic mass is 16.3. The molecule has 0 heterocycles. The van der Waals surface area contributed by atoms with Crippen LogP contribution in [0.1, 0.15) is 91.9 Å². The van der Waals surface area contributed by atoms with E-state index in [-0.39, 0.29) is 0 Å². The maximum atomic E-state index is 10.2. The van der Waals surface area contributed by atoms with E-state index in [2.05, 4.69) is 19.9 Å². The summed E-state index contributed by atoms with van der Waals surface area (Å²) in [6.07, 6.45) is 15.6. The molecule has 0 radical (unpaired) electrons. The van der Waals surface area contributed by atoms with Crippen molar-refractivity contribution in [3.8, 4) is 0 Å². The molecule has 0 aromatic carbocycles. The van der Waals surface area contributed by atoms with E-state index >= 15 is 0 Å². The lowest BCUT2D eigenvalue weighted by atomic mass is 9.51. The molecular weight excluding hydrogens is 330 g/mol. The third-order valence-electron chi connectivity index (χ3n) is 9.46. The van der Waals surface area contributed by atoms with E-state index in [0.29, 0.717) is 11.5 Å². The fourth-order valence-electron chi connectivity index (χ4n) is 8.06. The molecule has 4 aliphatic carbocycles. The van der Waals surface area contributed by atoms with Crippen molar-refractivity contribution in [2.75, 3.05) is 0 Å². The van der Waals surface area contributed by atoms with Crippen LogP contribution in [0.3, 0.4) is 0 Å². The summed E-state index contributed by atoms with van der Waals surface area (Å²) < 4.78 is 0. The Morgan fingerprint density at radius 3 is 2.70 bits per heavy atom. The average molecular weight is 374 g/mol. The number of nitrogens with two attached hydrogens (primary N) is 1. The Morgan fingerprint density at radius 2 is 1.96 bits per heavy atom. The van der Waals surface area contributed by atoms with Gasteiger partial charge in [0.15, 0.2) is 0 Å². The Labute approximate surface area is 167 Å². The summed E-state index contributed by atoms with van der Waals surface area (Å²) in [5.41, 5.74) is 8.02. The van der Waals surface area contributed by atoms with E-state index in [1.54, 1.807) is 5.57 Å². The van der Waals surface area contributed by atoms with Gasteiger partial charge in [0.05, 0.1) is 5.60 Å². The largest absolute Gasteiger partial charge is 0.390 e. The number of hydrogen-bond acceptors (Lipinski definition) is 2. The van der Waals surface area contributed by atoms with Crippen molar-refractivity contribution in [3.63, 3.8) is 0 Å². The van der Waals surface area contributed by atoms with Crippen LogP contribution >= 0.6 is 0 Å². The zero-order valence-electron chi connectivity index (χ0n) is 18.2. The number of fused-ring (bicyclic) bond motifs is 5. The van der Waals surface area contributed by atoms with Crippen LogP contribution in [0.4, 0.5) is 0 Å². The third-order valence-corrected chi connectivity index (χ3v) is 9.46. The second-order valence-electron chi connectivity index (χ2n) is 11.7. The molecule has 0 aromatic heterocycles. The van der Waals surface area contributed by atoms with Crippen LogP contribution in [-0.4, -0.2) is 16.7 Å².